The summed E-state index contributed by atoms with van der Waals surface area (Å²) in [5, 5.41) is 3.99. The molecule has 1 N–H and O–H groups in total. The zero-order valence-corrected chi connectivity index (χ0v) is 13.3. The van der Waals surface area contributed by atoms with Gasteiger partial charge in [-0.3, -0.25) is 9.36 Å². The van der Waals surface area contributed by atoms with Gasteiger partial charge in [-0.2, -0.15) is 0 Å². The lowest BCUT2D eigenvalue weighted by Crippen LogP contribution is -2.31. The minimum Gasteiger partial charge on any atom is -0.377 e. The fourth-order valence-corrected chi connectivity index (χ4v) is 2.92. The summed E-state index contributed by atoms with van der Waals surface area (Å²) in [6, 6.07) is 5.56. The Bertz CT molecular complexity index is 680. The van der Waals surface area contributed by atoms with Crippen molar-refractivity contribution in [2.45, 2.75) is 25.5 Å². The number of aromatic nitrogens is 2. The Morgan fingerprint density at radius 2 is 2.38 bits per heavy atom. The molecule has 21 heavy (non-hydrogen) atoms. The van der Waals surface area contributed by atoms with E-state index in [9.17, 15) is 4.79 Å². The number of halogens is 1. The Labute approximate surface area is 131 Å². The molecular formula is C15H18BrN3O2. The zero-order chi connectivity index (χ0) is 14.7. The molecule has 3 rings (SSSR count). The summed E-state index contributed by atoms with van der Waals surface area (Å²) < 4.78 is 8.09. The highest BCUT2D eigenvalue weighted by molar-refractivity contribution is 9.10. The van der Waals surface area contributed by atoms with Crippen LogP contribution in [0.2, 0.25) is 0 Å². The molecule has 5 nitrogen and oxygen atoms in total. The van der Waals surface area contributed by atoms with Crippen LogP contribution >= 0.6 is 15.9 Å². The second-order valence-electron chi connectivity index (χ2n) is 5.24. The first-order chi connectivity index (χ1) is 10.2. The highest BCUT2D eigenvalue weighted by Gasteiger charge is 2.14. The molecule has 1 unspecified atom stereocenters. The zero-order valence-electron chi connectivity index (χ0n) is 11.7. The van der Waals surface area contributed by atoms with Crippen LogP contribution in [0, 0.1) is 0 Å². The van der Waals surface area contributed by atoms with Gasteiger partial charge in [0.1, 0.15) is 0 Å². The van der Waals surface area contributed by atoms with Gasteiger partial charge in [0, 0.05) is 30.7 Å². The van der Waals surface area contributed by atoms with Gasteiger partial charge in [0.05, 0.1) is 23.3 Å². The molecular weight excluding hydrogens is 334 g/mol. The van der Waals surface area contributed by atoms with Gasteiger partial charge in [0.25, 0.3) is 5.56 Å². The minimum absolute atomic E-state index is 0.000200. The molecule has 0 amide bonds. The van der Waals surface area contributed by atoms with Gasteiger partial charge in [-0.05, 0) is 31.0 Å². The maximum absolute atomic E-state index is 12.4. The van der Waals surface area contributed by atoms with Gasteiger partial charge in [0.2, 0.25) is 0 Å². The normalized spacial score (nSPS) is 18.4. The van der Waals surface area contributed by atoms with Gasteiger partial charge in [-0.1, -0.05) is 15.9 Å². The molecule has 1 aliphatic rings. The van der Waals surface area contributed by atoms with Crippen LogP contribution in [0.4, 0.5) is 0 Å². The first-order valence-corrected chi connectivity index (χ1v) is 8.00. The predicted molar refractivity (Wildman–Crippen MR) is 85.5 cm³/mol. The second-order valence-corrected chi connectivity index (χ2v) is 6.16. The third-order valence-corrected chi connectivity index (χ3v) is 4.20. The Morgan fingerprint density at radius 1 is 1.48 bits per heavy atom. The molecule has 0 spiro atoms. The first-order valence-electron chi connectivity index (χ1n) is 7.21. The third-order valence-electron chi connectivity index (χ3n) is 3.71. The lowest BCUT2D eigenvalue weighted by molar-refractivity contribution is 0.110. The largest absolute Gasteiger partial charge is 0.377 e. The quantitative estimate of drug-likeness (QED) is 0.836. The highest BCUT2D eigenvalue weighted by atomic mass is 79.9. The third kappa shape index (κ3) is 3.51. The molecule has 0 saturated carbocycles. The molecule has 112 valence electrons. The molecule has 1 saturated heterocycles. The molecule has 2 heterocycles. The summed E-state index contributed by atoms with van der Waals surface area (Å²) in [6.45, 7) is 3.07. The number of hydrogen-bond donors (Lipinski definition) is 1. The maximum Gasteiger partial charge on any atom is 0.261 e. The van der Waals surface area contributed by atoms with Gasteiger partial charge < -0.3 is 10.1 Å². The number of benzene rings is 1. The van der Waals surface area contributed by atoms with E-state index >= 15 is 0 Å². The van der Waals surface area contributed by atoms with Crippen molar-refractivity contribution in [1.82, 2.24) is 14.9 Å². The van der Waals surface area contributed by atoms with Crippen LogP contribution in [-0.4, -0.2) is 35.4 Å². The maximum atomic E-state index is 12.4. The van der Waals surface area contributed by atoms with Crippen LogP contribution in [-0.2, 0) is 11.3 Å². The average Bonchev–Trinajstić information content (AvgIpc) is 2.99. The molecule has 0 aliphatic carbocycles. The van der Waals surface area contributed by atoms with Crippen molar-refractivity contribution in [3.63, 3.8) is 0 Å². The number of hydrogen-bond acceptors (Lipinski definition) is 4. The first kappa shape index (κ1) is 14.7. The smallest absolute Gasteiger partial charge is 0.261 e. The van der Waals surface area contributed by atoms with E-state index < -0.39 is 0 Å². The Kier molecular flexibility index (Phi) is 4.67. The van der Waals surface area contributed by atoms with E-state index in [-0.39, 0.29) is 5.56 Å². The van der Waals surface area contributed by atoms with E-state index in [1.165, 1.54) is 0 Å². The number of fused-ring (bicyclic) bond motifs is 1. The molecule has 2 aromatic rings. The van der Waals surface area contributed by atoms with Crippen LogP contribution in [0.5, 0.6) is 0 Å². The Morgan fingerprint density at radius 3 is 3.19 bits per heavy atom. The number of nitrogens with zero attached hydrogens (tertiary/aromatic N) is 2. The van der Waals surface area contributed by atoms with Gasteiger partial charge >= 0.3 is 0 Å². The van der Waals surface area contributed by atoms with Crippen molar-refractivity contribution in [3.8, 4) is 0 Å². The lowest BCUT2D eigenvalue weighted by Gasteiger charge is -2.11. The van der Waals surface area contributed by atoms with Crippen LogP contribution in [0.25, 0.3) is 10.9 Å². The second kappa shape index (κ2) is 6.68. The number of nitrogens with one attached hydrogen (secondary N) is 1. The molecule has 1 aliphatic heterocycles. The van der Waals surface area contributed by atoms with Crippen LogP contribution in [0.15, 0.2) is 33.8 Å². The molecule has 6 heteroatoms. The van der Waals surface area contributed by atoms with Crippen molar-refractivity contribution in [3.05, 3.63) is 39.4 Å². The number of rotatable bonds is 5. The van der Waals surface area contributed by atoms with E-state index in [2.05, 4.69) is 26.2 Å². The van der Waals surface area contributed by atoms with Gasteiger partial charge in [-0.25, -0.2) is 4.98 Å². The Hall–Kier alpha value is -1.24. The highest BCUT2D eigenvalue weighted by Crippen LogP contribution is 2.14. The SMILES string of the molecule is O=c1c2cc(Br)ccc2ncn1CCNCC1CCCO1. The van der Waals surface area contributed by atoms with Gasteiger partial charge in [-0.15, -0.1) is 0 Å². The molecule has 1 aromatic heterocycles. The molecule has 1 fully saturated rings. The molecule has 0 radical (unpaired) electrons. The Balaban J connectivity index is 1.63. The molecule has 0 bridgehead atoms. The van der Waals surface area contributed by atoms with Crippen molar-refractivity contribution in [2.75, 3.05) is 19.7 Å². The van der Waals surface area contributed by atoms with Crippen molar-refractivity contribution < 1.29 is 4.74 Å². The van der Waals surface area contributed by atoms with Crippen molar-refractivity contribution >= 4 is 26.8 Å². The fourth-order valence-electron chi connectivity index (χ4n) is 2.56. The molecule has 1 aromatic carbocycles. The van der Waals surface area contributed by atoms with Gasteiger partial charge in [0.15, 0.2) is 0 Å². The molecule has 1 atom stereocenters. The van der Waals surface area contributed by atoms with E-state index in [0.29, 0.717) is 18.0 Å². The lowest BCUT2D eigenvalue weighted by atomic mass is 10.2. The summed E-state index contributed by atoms with van der Waals surface area (Å²) in [4.78, 5) is 16.7. The topological polar surface area (TPSA) is 56.2 Å². The summed E-state index contributed by atoms with van der Waals surface area (Å²) >= 11 is 3.39. The summed E-state index contributed by atoms with van der Waals surface area (Å²) in [7, 11) is 0. The summed E-state index contributed by atoms with van der Waals surface area (Å²) in [6.07, 6.45) is 4.22. The fraction of sp³-hybridized carbons (Fsp3) is 0.467. The predicted octanol–water partition coefficient (Wildman–Crippen LogP) is 1.93. The van der Waals surface area contributed by atoms with E-state index in [4.69, 9.17) is 4.74 Å². The van der Waals surface area contributed by atoms with Crippen LogP contribution in [0.3, 0.4) is 0 Å². The van der Waals surface area contributed by atoms with E-state index in [1.807, 2.05) is 18.2 Å². The van der Waals surface area contributed by atoms with E-state index in [0.717, 1.165) is 42.5 Å². The average molecular weight is 352 g/mol. The van der Waals surface area contributed by atoms with Crippen molar-refractivity contribution in [2.24, 2.45) is 0 Å². The van der Waals surface area contributed by atoms with Crippen molar-refractivity contribution in [1.29, 1.82) is 0 Å². The standard InChI is InChI=1S/C15H18BrN3O2/c16-11-3-4-14-13(8-11)15(20)19(10-18-14)6-5-17-9-12-2-1-7-21-12/h3-4,8,10,12,17H,1-2,5-7,9H2. The van der Waals surface area contributed by atoms with Crippen LogP contribution in [0.1, 0.15) is 12.8 Å². The monoisotopic (exact) mass is 351 g/mol. The summed E-state index contributed by atoms with van der Waals surface area (Å²) in [5.74, 6) is 0. The minimum atomic E-state index is 0.000200. The van der Waals surface area contributed by atoms with E-state index in [1.54, 1.807) is 10.9 Å². The summed E-state index contributed by atoms with van der Waals surface area (Å²) in [5.41, 5.74) is 0.729. The number of ether oxygens (including phenoxy) is 1. The van der Waals surface area contributed by atoms with Crippen LogP contribution < -0.4 is 10.9 Å².